The van der Waals surface area contributed by atoms with Gasteiger partial charge in [0.05, 0.1) is 13.2 Å². The first kappa shape index (κ1) is 22.4. The number of fused-ring (bicyclic) bond motifs is 1. The molecule has 0 atom stereocenters. The van der Waals surface area contributed by atoms with Crippen LogP contribution in [-0.2, 0) is 21.8 Å². The molecule has 0 unspecified atom stereocenters. The van der Waals surface area contributed by atoms with E-state index < -0.39 is 15.3 Å². The van der Waals surface area contributed by atoms with E-state index in [0.29, 0.717) is 23.0 Å². The number of hydrogen-bond donors (Lipinski definition) is 2. The Morgan fingerprint density at radius 3 is 2.42 bits per heavy atom. The van der Waals surface area contributed by atoms with E-state index in [2.05, 4.69) is 9.71 Å². The minimum atomic E-state index is -3.55. The van der Waals surface area contributed by atoms with Crippen LogP contribution in [0.25, 0.3) is 22.0 Å². The highest BCUT2D eigenvalue weighted by Gasteiger charge is 2.49. The van der Waals surface area contributed by atoms with Gasteiger partial charge < -0.3 is 19.0 Å². The molecule has 8 nitrogen and oxygen atoms in total. The van der Waals surface area contributed by atoms with Crippen LogP contribution in [0.15, 0.2) is 41.5 Å². The number of sulfonamides is 1. The Balaban J connectivity index is 1.31. The van der Waals surface area contributed by atoms with Crippen molar-refractivity contribution in [2.75, 3.05) is 17.9 Å². The number of ether oxygens (including phenoxy) is 2. The first-order chi connectivity index (χ1) is 17.4. The van der Waals surface area contributed by atoms with Gasteiger partial charge in [0.2, 0.25) is 10.0 Å². The van der Waals surface area contributed by atoms with Crippen molar-refractivity contribution in [1.29, 1.82) is 0 Å². The monoisotopic (exact) mass is 509 g/mol. The summed E-state index contributed by atoms with van der Waals surface area (Å²) < 4.78 is 41.8. The number of benzene rings is 1. The van der Waals surface area contributed by atoms with Crippen molar-refractivity contribution in [1.82, 2.24) is 9.55 Å². The van der Waals surface area contributed by atoms with Crippen molar-refractivity contribution in [3.05, 3.63) is 47.0 Å². The van der Waals surface area contributed by atoms with Gasteiger partial charge in [-0.3, -0.25) is 9.52 Å². The van der Waals surface area contributed by atoms with Crippen LogP contribution in [0.5, 0.6) is 5.75 Å². The van der Waals surface area contributed by atoms with Gasteiger partial charge >= 0.3 is 0 Å². The van der Waals surface area contributed by atoms with E-state index in [4.69, 9.17) is 9.47 Å². The zero-order chi connectivity index (χ0) is 24.6. The van der Waals surface area contributed by atoms with Gasteiger partial charge in [0.25, 0.3) is 5.56 Å². The molecule has 3 heterocycles. The first-order valence-electron chi connectivity index (χ1n) is 12.9. The Kier molecular flexibility index (Phi) is 5.05. The number of hydrogen-bond acceptors (Lipinski definition) is 5. The number of H-pyrrole nitrogens is 1. The van der Waals surface area contributed by atoms with Crippen molar-refractivity contribution < 1.29 is 17.9 Å². The molecule has 1 aromatic carbocycles. The van der Waals surface area contributed by atoms with Crippen molar-refractivity contribution >= 4 is 26.6 Å². The van der Waals surface area contributed by atoms with E-state index in [1.165, 1.54) is 32.1 Å². The number of aromatic nitrogens is 2. The molecule has 0 radical (unpaired) electrons. The maximum absolute atomic E-state index is 12.8. The summed E-state index contributed by atoms with van der Waals surface area (Å²) >= 11 is 0. The van der Waals surface area contributed by atoms with E-state index in [-0.39, 0.29) is 24.9 Å². The van der Waals surface area contributed by atoms with Gasteiger partial charge in [0, 0.05) is 41.6 Å². The second kappa shape index (κ2) is 8.11. The Morgan fingerprint density at radius 2 is 1.75 bits per heavy atom. The van der Waals surface area contributed by atoms with Crippen molar-refractivity contribution in [2.45, 2.75) is 43.5 Å². The number of pyridine rings is 1. The third kappa shape index (κ3) is 3.58. The Morgan fingerprint density at radius 1 is 1.03 bits per heavy atom. The minimum Gasteiger partial charge on any atom is -0.489 e. The fourth-order valence-corrected chi connectivity index (χ4v) is 8.42. The molecule has 0 amide bonds. The summed E-state index contributed by atoms with van der Waals surface area (Å²) in [4.78, 5) is 15.8. The quantitative estimate of drug-likeness (QED) is 0.525. The lowest BCUT2D eigenvalue weighted by atomic mass is 9.55. The molecule has 0 spiro atoms. The summed E-state index contributed by atoms with van der Waals surface area (Å²) in [7, 11) is -1.82. The number of anilines is 1. The Hall–Kier alpha value is -2.78. The van der Waals surface area contributed by atoms with E-state index in [1.54, 1.807) is 23.9 Å². The third-order valence-corrected chi connectivity index (χ3v) is 10.5. The molecule has 4 saturated carbocycles. The highest BCUT2D eigenvalue weighted by molar-refractivity contribution is 7.93. The molecule has 8 rings (SSSR count). The van der Waals surface area contributed by atoms with Gasteiger partial charge in [-0.05, 0) is 80.0 Å². The van der Waals surface area contributed by atoms with Crippen LogP contribution in [0.2, 0.25) is 0 Å². The SMILES string of the molecule is Cn1cc(-c2cc(NS(=O)(=O)C3COC3)ccc2OC2C3CC4CC(C3)CC2C4)c2cc[nH]c2c1=O. The van der Waals surface area contributed by atoms with E-state index >= 15 is 0 Å². The zero-order valence-electron chi connectivity index (χ0n) is 20.3. The maximum atomic E-state index is 12.8. The highest BCUT2D eigenvalue weighted by atomic mass is 32.2. The van der Waals surface area contributed by atoms with Crippen LogP contribution >= 0.6 is 0 Å². The Labute approximate surface area is 210 Å². The second-order valence-electron chi connectivity index (χ2n) is 11.3. The van der Waals surface area contributed by atoms with Crippen molar-refractivity contribution in [2.24, 2.45) is 30.7 Å². The van der Waals surface area contributed by atoms with Gasteiger partial charge in [0.15, 0.2) is 0 Å². The molecule has 4 aliphatic carbocycles. The molecule has 4 bridgehead atoms. The van der Waals surface area contributed by atoms with Crippen LogP contribution in [0, 0.1) is 23.7 Å². The number of aromatic amines is 1. The van der Waals surface area contributed by atoms with E-state index in [9.17, 15) is 13.2 Å². The maximum Gasteiger partial charge on any atom is 0.274 e. The van der Waals surface area contributed by atoms with Gasteiger partial charge in [0.1, 0.15) is 22.6 Å². The Bertz CT molecular complexity index is 1480. The highest BCUT2D eigenvalue weighted by Crippen LogP contribution is 2.55. The molecular weight excluding hydrogens is 478 g/mol. The number of nitrogens with zero attached hydrogens (tertiary/aromatic N) is 1. The average Bonchev–Trinajstić information content (AvgIpc) is 3.27. The minimum absolute atomic E-state index is 0.107. The standard InChI is InChI=1S/C27H31N3O5S/c1-30-12-23(21-4-5-28-25(21)27(30)31)22-11-19(29-36(32,33)20-13-34-14-20)2-3-24(22)35-26-17-7-15-6-16(9-17)10-18(26)8-15/h2-5,11-12,15-18,20,26,28-29H,6-10,13-14H2,1H3. The van der Waals surface area contributed by atoms with Gasteiger partial charge in [-0.15, -0.1) is 0 Å². The summed E-state index contributed by atoms with van der Waals surface area (Å²) in [6, 6.07) is 7.40. The third-order valence-electron chi connectivity index (χ3n) is 8.87. The summed E-state index contributed by atoms with van der Waals surface area (Å²) in [5.74, 6) is 3.60. The summed E-state index contributed by atoms with van der Waals surface area (Å²) in [5, 5.41) is 0.249. The van der Waals surface area contributed by atoms with Crippen LogP contribution < -0.4 is 15.0 Å². The first-order valence-corrected chi connectivity index (χ1v) is 14.5. The van der Waals surface area contributed by atoms with Gasteiger partial charge in [-0.1, -0.05) is 0 Å². The van der Waals surface area contributed by atoms with Gasteiger partial charge in [-0.2, -0.15) is 0 Å². The molecule has 5 aliphatic rings. The van der Waals surface area contributed by atoms with Crippen LogP contribution in [0.1, 0.15) is 32.1 Å². The summed E-state index contributed by atoms with van der Waals surface area (Å²) in [5.41, 5.74) is 2.51. The molecule has 36 heavy (non-hydrogen) atoms. The molecule has 2 N–H and O–H groups in total. The molecule has 9 heteroatoms. The molecule has 1 aliphatic heterocycles. The lowest BCUT2D eigenvalue weighted by Crippen LogP contribution is -2.50. The predicted octanol–water partition coefficient (Wildman–Crippen LogP) is 3.88. The molecular formula is C27H31N3O5S. The fourth-order valence-electron chi connectivity index (χ4n) is 7.25. The average molecular weight is 510 g/mol. The van der Waals surface area contributed by atoms with E-state index in [1.807, 2.05) is 24.4 Å². The van der Waals surface area contributed by atoms with Crippen LogP contribution in [0.3, 0.4) is 0 Å². The zero-order valence-corrected chi connectivity index (χ0v) is 21.1. The molecule has 1 saturated heterocycles. The lowest BCUT2D eigenvalue weighted by Gasteiger charge is -2.53. The molecule has 2 aromatic heterocycles. The summed E-state index contributed by atoms with van der Waals surface area (Å²) in [6.07, 6.45) is 10.1. The lowest BCUT2D eigenvalue weighted by molar-refractivity contribution is -0.0787. The summed E-state index contributed by atoms with van der Waals surface area (Å²) in [6.45, 7) is 0.418. The number of nitrogens with one attached hydrogen (secondary N) is 2. The topological polar surface area (TPSA) is 102 Å². The van der Waals surface area contributed by atoms with Crippen LogP contribution in [-0.4, -0.2) is 42.5 Å². The normalized spacial score (nSPS) is 29.4. The van der Waals surface area contributed by atoms with E-state index in [0.717, 1.165) is 34.1 Å². The van der Waals surface area contributed by atoms with Gasteiger partial charge in [-0.25, -0.2) is 8.42 Å². The molecule has 3 aromatic rings. The number of rotatable bonds is 6. The fraction of sp³-hybridized carbons (Fsp3) is 0.519. The number of aryl methyl sites for hydroxylation is 1. The van der Waals surface area contributed by atoms with Crippen molar-refractivity contribution in [3.63, 3.8) is 0 Å². The molecule has 5 fully saturated rings. The molecule has 190 valence electrons. The van der Waals surface area contributed by atoms with Crippen molar-refractivity contribution in [3.8, 4) is 16.9 Å². The predicted molar refractivity (Wildman–Crippen MR) is 138 cm³/mol. The smallest absolute Gasteiger partial charge is 0.274 e. The van der Waals surface area contributed by atoms with Crippen LogP contribution in [0.4, 0.5) is 5.69 Å². The second-order valence-corrected chi connectivity index (χ2v) is 13.2. The largest absolute Gasteiger partial charge is 0.489 e.